The topological polar surface area (TPSA) is 73.0 Å². The molecule has 1 atom stereocenters. The molecule has 0 spiro atoms. The summed E-state index contributed by atoms with van der Waals surface area (Å²) in [6, 6.07) is 1.87. The van der Waals surface area contributed by atoms with Crippen LogP contribution >= 0.6 is 11.8 Å². The average Bonchev–Trinajstić information content (AvgIpc) is 3.12. The molecule has 0 aliphatic carbocycles. The maximum atomic E-state index is 12.0. The van der Waals surface area contributed by atoms with Gasteiger partial charge in [0.1, 0.15) is 5.76 Å². The van der Waals surface area contributed by atoms with Crippen LogP contribution in [-0.4, -0.2) is 32.5 Å². The third-order valence-electron chi connectivity index (χ3n) is 3.33. The average molecular weight is 334 g/mol. The van der Waals surface area contributed by atoms with Gasteiger partial charge in [-0.05, 0) is 26.3 Å². The summed E-state index contributed by atoms with van der Waals surface area (Å²) in [5, 5.41) is 11.9. The molecule has 1 unspecified atom stereocenters. The van der Waals surface area contributed by atoms with Crippen LogP contribution in [0.5, 0.6) is 0 Å². The summed E-state index contributed by atoms with van der Waals surface area (Å²) >= 11 is 1.39. The van der Waals surface area contributed by atoms with Crippen molar-refractivity contribution in [2.75, 3.05) is 6.54 Å². The van der Waals surface area contributed by atoms with Crippen molar-refractivity contribution in [3.63, 3.8) is 0 Å². The van der Waals surface area contributed by atoms with Crippen LogP contribution in [0.4, 0.5) is 0 Å². The van der Waals surface area contributed by atoms with Gasteiger partial charge >= 0.3 is 0 Å². The van der Waals surface area contributed by atoms with E-state index in [1.54, 1.807) is 12.3 Å². The Labute approximate surface area is 140 Å². The van der Waals surface area contributed by atoms with Gasteiger partial charge in [-0.15, -0.1) is 16.8 Å². The number of aryl methyl sites for hydroxylation is 1. The fraction of sp³-hybridized carbons (Fsp3) is 0.438. The van der Waals surface area contributed by atoms with E-state index in [1.807, 2.05) is 31.4 Å². The number of nitrogens with zero attached hydrogens (tertiary/aromatic N) is 3. The first kappa shape index (κ1) is 17.3. The zero-order chi connectivity index (χ0) is 16.8. The first-order valence-corrected chi connectivity index (χ1v) is 8.49. The number of allylic oxidation sites excluding steroid dienone is 1. The first-order chi connectivity index (χ1) is 11.1. The molecule has 7 heteroatoms. The number of furan rings is 1. The van der Waals surface area contributed by atoms with Crippen LogP contribution in [0, 0.1) is 6.92 Å². The third-order valence-corrected chi connectivity index (χ3v) is 4.41. The van der Waals surface area contributed by atoms with E-state index in [-0.39, 0.29) is 11.2 Å². The summed E-state index contributed by atoms with van der Waals surface area (Å²) in [6.07, 6.45) is 4.33. The molecular formula is C16H22N4O2S. The van der Waals surface area contributed by atoms with E-state index in [4.69, 9.17) is 4.42 Å². The Bertz CT molecular complexity index is 677. The second kappa shape index (κ2) is 8.01. The van der Waals surface area contributed by atoms with Gasteiger partial charge in [0.25, 0.3) is 0 Å². The van der Waals surface area contributed by atoms with Crippen molar-refractivity contribution in [3.8, 4) is 11.4 Å². The molecule has 23 heavy (non-hydrogen) atoms. The number of thioether (sulfide) groups is 1. The fourth-order valence-electron chi connectivity index (χ4n) is 2.09. The van der Waals surface area contributed by atoms with Crippen molar-refractivity contribution >= 4 is 17.7 Å². The normalized spacial score (nSPS) is 12.1. The maximum absolute atomic E-state index is 12.0. The first-order valence-electron chi connectivity index (χ1n) is 7.61. The van der Waals surface area contributed by atoms with Gasteiger partial charge in [0, 0.05) is 13.1 Å². The van der Waals surface area contributed by atoms with E-state index in [9.17, 15) is 4.79 Å². The molecule has 0 radical (unpaired) electrons. The van der Waals surface area contributed by atoms with Gasteiger partial charge in [0.05, 0.1) is 17.1 Å². The van der Waals surface area contributed by atoms with Crippen LogP contribution < -0.4 is 5.32 Å². The Morgan fingerprint density at radius 3 is 2.96 bits per heavy atom. The molecule has 0 aliphatic rings. The largest absolute Gasteiger partial charge is 0.469 e. The molecular weight excluding hydrogens is 312 g/mol. The number of hydrogen-bond donors (Lipinski definition) is 1. The fourth-order valence-corrected chi connectivity index (χ4v) is 2.97. The van der Waals surface area contributed by atoms with Crippen LogP contribution in [0.15, 0.2) is 34.6 Å². The van der Waals surface area contributed by atoms with Crippen LogP contribution in [0.1, 0.15) is 26.0 Å². The van der Waals surface area contributed by atoms with Gasteiger partial charge in [-0.1, -0.05) is 24.8 Å². The highest BCUT2D eigenvalue weighted by atomic mass is 32.2. The van der Waals surface area contributed by atoms with Gasteiger partial charge < -0.3 is 9.73 Å². The van der Waals surface area contributed by atoms with Gasteiger partial charge in [-0.2, -0.15) is 0 Å². The molecule has 0 saturated heterocycles. The van der Waals surface area contributed by atoms with Crippen molar-refractivity contribution in [1.82, 2.24) is 20.1 Å². The minimum absolute atomic E-state index is 0.00560. The SMILES string of the molecule is C=CCn1c(SC(C)C(=O)NCCC)nnc1-c1ccoc1C. The minimum Gasteiger partial charge on any atom is -0.469 e. The molecule has 0 aliphatic heterocycles. The number of carbonyl (C=O) groups is 1. The Kier molecular flexibility index (Phi) is 6.04. The molecule has 6 nitrogen and oxygen atoms in total. The molecule has 2 heterocycles. The predicted octanol–water partition coefficient (Wildman–Crippen LogP) is 3.04. The van der Waals surface area contributed by atoms with Crippen LogP contribution in [-0.2, 0) is 11.3 Å². The van der Waals surface area contributed by atoms with Crippen molar-refractivity contribution < 1.29 is 9.21 Å². The lowest BCUT2D eigenvalue weighted by atomic mass is 10.2. The highest BCUT2D eigenvalue weighted by Gasteiger charge is 2.21. The predicted molar refractivity (Wildman–Crippen MR) is 91.3 cm³/mol. The monoisotopic (exact) mass is 334 g/mol. The summed E-state index contributed by atoms with van der Waals surface area (Å²) < 4.78 is 7.29. The third kappa shape index (κ3) is 4.04. The van der Waals surface area contributed by atoms with Crippen LogP contribution in [0.3, 0.4) is 0 Å². The maximum Gasteiger partial charge on any atom is 0.233 e. The lowest BCUT2D eigenvalue weighted by molar-refractivity contribution is -0.120. The number of carbonyl (C=O) groups excluding carboxylic acids is 1. The van der Waals surface area contributed by atoms with E-state index in [1.165, 1.54) is 11.8 Å². The van der Waals surface area contributed by atoms with E-state index in [2.05, 4.69) is 22.1 Å². The van der Waals surface area contributed by atoms with Crippen molar-refractivity contribution in [2.24, 2.45) is 0 Å². The van der Waals surface area contributed by atoms with Crippen LogP contribution in [0.25, 0.3) is 11.4 Å². The molecule has 1 N–H and O–H groups in total. The van der Waals surface area contributed by atoms with E-state index in [0.717, 1.165) is 23.6 Å². The minimum atomic E-state index is -0.243. The number of nitrogens with one attached hydrogen (secondary N) is 1. The Morgan fingerprint density at radius 1 is 1.57 bits per heavy atom. The van der Waals surface area contributed by atoms with Crippen LogP contribution in [0.2, 0.25) is 0 Å². The lowest BCUT2D eigenvalue weighted by Gasteiger charge is -2.12. The summed E-state index contributed by atoms with van der Waals surface area (Å²) in [6.45, 7) is 10.8. The Balaban J connectivity index is 2.22. The van der Waals surface area contributed by atoms with Crippen molar-refractivity contribution in [1.29, 1.82) is 0 Å². The second-order valence-electron chi connectivity index (χ2n) is 5.15. The Hall–Kier alpha value is -2.02. The zero-order valence-electron chi connectivity index (χ0n) is 13.7. The molecule has 0 saturated carbocycles. The smallest absolute Gasteiger partial charge is 0.233 e. The molecule has 0 bridgehead atoms. The molecule has 2 rings (SSSR count). The number of aromatic nitrogens is 3. The van der Waals surface area contributed by atoms with Crippen molar-refractivity contribution in [2.45, 2.75) is 44.1 Å². The number of amides is 1. The van der Waals surface area contributed by atoms with Gasteiger partial charge in [-0.3, -0.25) is 9.36 Å². The second-order valence-corrected chi connectivity index (χ2v) is 6.45. The van der Waals surface area contributed by atoms with Crippen molar-refractivity contribution in [3.05, 3.63) is 30.7 Å². The van der Waals surface area contributed by atoms with E-state index < -0.39 is 0 Å². The lowest BCUT2D eigenvalue weighted by Crippen LogP contribution is -2.31. The van der Waals surface area contributed by atoms with Gasteiger partial charge in [-0.25, -0.2) is 0 Å². The summed E-state index contributed by atoms with van der Waals surface area (Å²) in [5.41, 5.74) is 0.897. The molecule has 124 valence electrons. The number of rotatable bonds is 8. The summed E-state index contributed by atoms with van der Waals surface area (Å²) in [7, 11) is 0. The standard InChI is InChI=1S/C16H22N4O2S/c1-5-8-17-15(21)12(4)23-16-19-18-14(20(16)9-6-2)13-7-10-22-11(13)3/h6-7,10,12H,2,5,8-9H2,1,3-4H3,(H,17,21). The molecule has 0 fully saturated rings. The highest BCUT2D eigenvalue weighted by molar-refractivity contribution is 8.00. The summed E-state index contributed by atoms with van der Waals surface area (Å²) in [4.78, 5) is 12.0. The molecule has 2 aromatic heterocycles. The molecule has 2 aromatic rings. The number of hydrogen-bond acceptors (Lipinski definition) is 5. The zero-order valence-corrected chi connectivity index (χ0v) is 14.5. The molecule has 1 amide bonds. The quantitative estimate of drug-likeness (QED) is 0.593. The van der Waals surface area contributed by atoms with Gasteiger partial charge in [0.15, 0.2) is 11.0 Å². The van der Waals surface area contributed by atoms with Gasteiger partial charge in [0.2, 0.25) is 5.91 Å². The highest BCUT2D eigenvalue weighted by Crippen LogP contribution is 2.29. The molecule has 0 aromatic carbocycles. The Morgan fingerprint density at radius 2 is 2.35 bits per heavy atom. The van der Waals surface area contributed by atoms with E-state index >= 15 is 0 Å². The van der Waals surface area contributed by atoms with E-state index in [0.29, 0.717) is 18.2 Å². The summed E-state index contributed by atoms with van der Waals surface area (Å²) in [5.74, 6) is 1.51.